The van der Waals surface area contributed by atoms with Crippen LogP contribution in [-0.4, -0.2) is 19.2 Å². The molecule has 108 valence electrons. The Labute approximate surface area is 122 Å². The fraction of sp³-hybridized carbons (Fsp3) is 0.625. The largest absolute Gasteiger partial charge is 0.491 e. The Morgan fingerprint density at radius 2 is 1.84 bits per heavy atom. The van der Waals surface area contributed by atoms with Gasteiger partial charge in [-0.3, -0.25) is 0 Å². The van der Waals surface area contributed by atoms with Crippen molar-refractivity contribution in [2.75, 3.05) is 13.1 Å². The monoisotopic (exact) mass is 283 g/mol. The third-order valence-electron chi connectivity index (χ3n) is 3.14. The van der Waals surface area contributed by atoms with E-state index in [1.165, 1.54) is 6.42 Å². The van der Waals surface area contributed by atoms with E-state index >= 15 is 0 Å². The first-order valence-electron chi connectivity index (χ1n) is 7.18. The number of ether oxygens (including phenoxy) is 1. The van der Waals surface area contributed by atoms with Crippen LogP contribution in [-0.2, 0) is 0 Å². The summed E-state index contributed by atoms with van der Waals surface area (Å²) in [6.45, 7) is 10.5. The van der Waals surface area contributed by atoms with E-state index in [1.807, 2.05) is 26.0 Å². The summed E-state index contributed by atoms with van der Waals surface area (Å²) in [5, 5.41) is 4.24. The summed E-state index contributed by atoms with van der Waals surface area (Å²) in [5.74, 6) is 0.924. The predicted molar refractivity (Wildman–Crippen MR) is 83.4 cm³/mol. The number of rotatable bonds is 8. The number of halogens is 1. The maximum absolute atomic E-state index is 6.15. The Bertz CT molecular complexity index is 369. The Morgan fingerprint density at radius 3 is 2.42 bits per heavy atom. The first-order chi connectivity index (χ1) is 9.04. The van der Waals surface area contributed by atoms with E-state index in [4.69, 9.17) is 16.3 Å². The van der Waals surface area contributed by atoms with Gasteiger partial charge < -0.3 is 10.1 Å². The molecule has 0 radical (unpaired) electrons. The molecule has 0 spiro atoms. The number of hydrogen-bond acceptors (Lipinski definition) is 2. The molecule has 0 aromatic heterocycles. The second-order valence-electron chi connectivity index (χ2n) is 5.19. The molecule has 19 heavy (non-hydrogen) atoms. The highest BCUT2D eigenvalue weighted by Crippen LogP contribution is 2.26. The zero-order chi connectivity index (χ0) is 14.3. The van der Waals surface area contributed by atoms with Gasteiger partial charge >= 0.3 is 0 Å². The van der Waals surface area contributed by atoms with Crippen LogP contribution in [0.5, 0.6) is 5.75 Å². The number of hydrogen-bond donors (Lipinski definition) is 1. The Kier molecular flexibility index (Phi) is 7.25. The summed E-state index contributed by atoms with van der Waals surface area (Å²) in [7, 11) is 0. The van der Waals surface area contributed by atoms with Gasteiger partial charge in [-0.05, 0) is 76.4 Å². The average Bonchev–Trinajstić information content (AvgIpc) is 2.35. The van der Waals surface area contributed by atoms with E-state index < -0.39 is 0 Å². The van der Waals surface area contributed by atoms with Crippen molar-refractivity contribution in [2.24, 2.45) is 0 Å². The molecule has 1 unspecified atom stereocenters. The molecule has 2 nitrogen and oxygen atoms in total. The van der Waals surface area contributed by atoms with Gasteiger partial charge in [-0.25, -0.2) is 0 Å². The second-order valence-corrected chi connectivity index (χ2v) is 5.57. The van der Waals surface area contributed by atoms with Crippen LogP contribution in [0.4, 0.5) is 0 Å². The van der Waals surface area contributed by atoms with Crippen LogP contribution >= 0.6 is 11.6 Å². The molecule has 0 aliphatic rings. The minimum absolute atomic E-state index is 0.239. The molecule has 0 heterocycles. The zero-order valence-corrected chi connectivity index (χ0v) is 13.3. The lowest BCUT2D eigenvalue weighted by Crippen LogP contribution is -2.19. The topological polar surface area (TPSA) is 21.3 Å². The van der Waals surface area contributed by atoms with E-state index in [0.29, 0.717) is 0 Å². The van der Waals surface area contributed by atoms with Gasteiger partial charge in [-0.2, -0.15) is 0 Å². The van der Waals surface area contributed by atoms with Gasteiger partial charge in [0.1, 0.15) is 5.75 Å². The fourth-order valence-corrected chi connectivity index (χ4v) is 2.19. The van der Waals surface area contributed by atoms with Crippen molar-refractivity contribution in [3.63, 3.8) is 0 Å². The van der Waals surface area contributed by atoms with Crippen LogP contribution in [0.15, 0.2) is 12.1 Å². The van der Waals surface area contributed by atoms with Crippen molar-refractivity contribution < 1.29 is 4.74 Å². The van der Waals surface area contributed by atoms with Gasteiger partial charge in [0.05, 0.1) is 6.10 Å². The first-order valence-corrected chi connectivity index (χ1v) is 7.56. The Hall–Kier alpha value is -0.730. The normalized spacial score (nSPS) is 12.5. The summed E-state index contributed by atoms with van der Waals surface area (Å²) >= 11 is 6.15. The number of aryl methyl sites for hydroxylation is 2. The molecule has 0 bridgehead atoms. The molecule has 1 rings (SSSR count). The van der Waals surface area contributed by atoms with Crippen LogP contribution in [0.3, 0.4) is 0 Å². The van der Waals surface area contributed by atoms with Crippen LogP contribution < -0.4 is 10.1 Å². The van der Waals surface area contributed by atoms with Crippen molar-refractivity contribution >= 4 is 11.6 Å². The van der Waals surface area contributed by atoms with Gasteiger partial charge in [0.15, 0.2) is 0 Å². The van der Waals surface area contributed by atoms with E-state index in [-0.39, 0.29) is 6.10 Å². The third kappa shape index (κ3) is 5.84. The molecular formula is C16H26ClNO. The van der Waals surface area contributed by atoms with Gasteiger partial charge in [0.25, 0.3) is 0 Å². The summed E-state index contributed by atoms with van der Waals surface area (Å²) in [6, 6.07) is 4.03. The lowest BCUT2D eigenvalue weighted by atomic mass is 10.1. The zero-order valence-electron chi connectivity index (χ0n) is 12.6. The minimum Gasteiger partial charge on any atom is -0.491 e. The molecule has 3 heteroatoms. The Morgan fingerprint density at radius 1 is 1.21 bits per heavy atom. The van der Waals surface area contributed by atoms with E-state index in [1.54, 1.807) is 0 Å². The summed E-state index contributed by atoms with van der Waals surface area (Å²) < 4.78 is 5.95. The fourth-order valence-electron chi connectivity index (χ4n) is 2.08. The van der Waals surface area contributed by atoms with Gasteiger partial charge in [0, 0.05) is 5.02 Å². The summed E-state index contributed by atoms with van der Waals surface area (Å²) in [6.07, 6.45) is 3.64. The second kappa shape index (κ2) is 8.44. The van der Waals surface area contributed by atoms with Crippen LogP contribution in [0.25, 0.3) is 0 Å². The quantitative estimate of drug-likeness (QED) is 0.709. The molecule has 0 saturated carbocycles. The lowest BCUT2D eigenvalue weighted by molar-refractivity contribution is 0.207. The lowest BCUT2D eigenvalue weighted by Gasteiger charge is -2.16. The molecule has 0 saturated heterocycles. The van der Waals surface area contributed by atoms with Crippen molar-refractivity contribution in [3.05, 3.63) is 28.3 Å². The molecule has 1 aromatic rings. The van der Waals surface area contributed by atoms with Crippen molar-refractivity contribution in [3.8, 4) is 5.75 Å². The summed E-state index contributed by atoms with van der Waals surface area (Å²) in [5.41, 5.74) is 2.15. The molecule has 1 atom stereocenters. The van der Waals surface area contributed by atoms with Gasteiger partial charge in [-0.15, -0.1) is 0 Å². The maximum atomic E-state index is 6.15. The van der Waals surface area contributed by atoms with Gasteiger partial charge in [0.2, 0.25) is 0 Å². The van der Waals surface area contributed by atoms with Crippen molar-refractivity contribution in [1.29, 1.82) is 0 Å². The summed E-state index contributed by atoms with van der Waals surface area (Å²) in [4.78, 5) is 0. The molecule has 0 aliphatic carbocycles. The van der Waals surface area contributed by atoms with E-state index in [2.05, 4.69) is 19.2 Å². The third-order valence-corrected chi connectivity index (χ3v) is 3.73. The van der Waals surface area contributed by atoms with Crippen molar-refractivity contribution in [1.82, 2.24) is 5.32 Å². The SMILES string of the molecule is CCCNCCCC(C)Oc1cc(C)c(Cl)c(C)c1. The average molecular weight is 284 g/mol. The van der Waals surface area contributed by atoms with Crippen LogP contribution in [0, 0.1) is 13.8 Å². The molecular weight excluding hydrogens is 258 g/mol. The molecule has 1 N–H and O–H groups in total. The molecule has 0 aliphatic heterocycles. The Balaban J connectivity index is 2.38. The highest BCUT2D eigenvalue weighted by Gasteiger charge is 2.07. The predicted octanol–water partition coefficient (Wildman–Crippen LogP) is 4.50. The van der Waals surface area contributed by atoms with Crippen LogP contribution in [0.1, 0.15) is 44.2 Å². The van der Waals surface area contributed by atoms with Gasteiger partial charge in [-0.1, -0.05) is 18.5 Å². The van der Waals surface area contributed by atoms with Crippen molar-refractivity contribution in [2.45, 2.75) is 53.1 Å². The van der Waals surface area contributed by atoms with E-state index in [9.17, 15) is 0 Å². The molecule has 0 amide bonds. The molecule has 1 aromatic carbocycles. The van der Waals surface area contributed by atoms with E-state index in [0.717, 1.165) is 47.8 Å². The smallest absolute Gasteiger partial charge is 0.120 e. The van der Waals surface area contributed by atoms with Crippen LogP contribution in [0.2, 0.25) is 5.02 Å². The standard InChI is InChI=1S/C16H26ClNO/c1-5-8-18-9-6-7-14(4)19-15-10-12(2)16(17)13(3)11-15/h10-11,14,18H,5-9H2,1-4H3. The highest BCUT2D eigenvalue weighted by molar-refractivity contribution is 6.32. The number of benzene rings is 1. The first kappa shape index (κ1) is 16.3. The maximum Gasteiger partial charge on any atom is 0.120 e. The highest BCUT2D eigenvalue weighted by atomic mass is 35.5. The molecule has 0 fully saturated rings. The minimum atomic E-state index is 0.239. The number of nitrogens with one attached hydrogen (secondary N) is 1.